The maximum Gasteiger partial charge on any atom is 0.263 e. The molecule has 3 aromatic heterocycles. The zero-order valence-electron chi connectivity index (χ0n) is 13.6. The normalized spacial score (nSPS) is 10.3. The van der Waals surface area contributed by atoms with Gasteiger partial charge in [0.25, 0.3) is 11.5 Å². The van der Waals surface area contributed by atoms with E-state index < -0.39 is 11.5 Å². The average Bonchev–Trinajstić information content (AvgIpc) is 3.08. The van der Waals surface area contributed by atoms with Crippen molar-refractivity contribution in [1.29, 1.82) is 0 Å². The SMILES string of the molecule is O=C(Cc1csc(NC(=O)c2ccc[nH]c2=O)n1)NCc1ccncc1. The monoisotopic (exact) mass is 369 g/mol. The molecule has 3 rings (SSSR count). The molecule has 0 aromatic carbocycles. The maximum atomic E-state index is 12.1. The molecule has 0 atom stereocenters. The van der Waals surface area contributed by atoms with Crippen molar-refractivity contribution in [3.63, 3.8) is 0 Å². The van der Waals surface area contributed by atoms with Crippen LogP contribution in [0.3, 0.4) is 0 Å². The van der Waals surface area contributed by atoms with Gasteiger partial charge in [-0.2, -0.15) is 0 Å². The highest BCUT2D eigenvalue weighted by Gasteiger charge is 2.13. The van der Waals surface area contributed by atoms with Crippen molar-refractivity contribution < 1.29 is 9.59 Å². The fourth-order valence-corrected chi connectivity index (χ4v) is 2.84. The van der Waals surface area contributed by atoms with E-state index >= 15 is 0 Å². The molecule has 0 aliphatic carbocycles. The Morgan fingerprint density at radius 1 is 1.19 bits per heavy atom. The van der Waals surface area contributed by atoms with Crippen molar-refractivity contribution in [2.45, 2.75) is 13.0 Å². The lowest BCUT2D eigenvalue weighted by Crippen LogP contribution is -2.24. The summed E-state index contributed by atoms with van der Waals surface area (Å²) >= 11 is 1.19. The molecule has 0 saturated carbocycles. The number of pyridine rings is 2. The van der Waals surface area contributed by atoms with Crippen LogP contribution in [0.4, 0.5) is 5.13 Å². The Hall–Kier alpha value is -3.33. The topological polar surface area (TPSA) is 117 Å². The van der Waals surface area contributed by atoms with E-state index in [0.29, 0.717) is 17.4 Å². The highest BCUT2D eigenvalue weighted by molar-refractivity contribution is 7.14. The van der Waals surface area contributed by atoms with Gasteiger partial charge in [0.1, 0.15) is 5.56 Å². The third-order valence-electron chi connectivity index (χ3n) is 3.42. The number of hydrogen-bond donors (Lipinski definition) is 3. The van der Waals surface area contributed by atoms with Crippen LogP contribution in [0.2, 0.25) is 0 Å². The van der Waals surface area contributed by atoms with Gasteiger partial charge in [0.2, 0.25) is 5.91 Å². The van der Waals surface area contributed by atoms with E-state index in [9.17, 15) is 14.4 Å². The predicted molar refractivity (Wildman–Crippen MR) is 96.9 cm³/mol. The number of H-pyrrole nitrogens is 1. The molecule has 0 fully saturated rings. The average molecular weight is 369 g/mol. The number of rotatable bonds is 6. The number of nitrogens with one attached hydrogen (secondary N) is 3. The fourth-order valence-electron chi connectivity index (χ4n) is 2.14. The second-order valence-electron chi connectivity index (χ2n) is 5.32. The molecule has 0 spiro atoms. The minimum atomic E-state index is -0.546. The second-order valence-corrected chi connectivity index (χ2v) is 6.18. The first-order valence-corrected chi connectivity index (χ1v) is 8.59. The standard InChI is InChI=1S/C17H15N5O3S/c23-14(20-9-11-3-6-18-7-4-11)8-12-10-26-17(21-12)22-16(25)13-2-1-5-19-15(13)24/h1-7,10H,8-9H2,(H,19,24)(H,20,23)(H,21,22,25). The Labute approximate surface area is 152 Å². The predicted octanol–water partition coefficient (Wildman–Crippen LogP) is 1.34. The summed E-state index contributed by atoms with van der Waals surface area (Å²) in [5.41, 5.74) is 1.02. The summed E-state index contributed by atoms with van der Waals surface area (Å²) in [5.74, 6) is -0.723. The van der Waals surface area contributed by atoms with Gasteiger partial charge in [-0.25, -0.2) is 4.98 Å². The third kappa shape index (κ3) is 4.61. The number of aromatic nitrogens is 3. The molecule has 3 heterocycles. The van der Waals surface area contributed by atoms with Crippen LogP contribution in [-0.4, -0.2) is 26.8 Å². The molecule has 26 heavy (non-hydrogen) atoms. The number of nitrogens with zero attached hydrogens (tertiary/aromatic N) is 2. The van der Waals surface area contributed by atoms with E-state index in [1.807, 2.05) is 12.1 Å². The van der Waals surface area contributed by atoms with E-state index in [4.69, 9.17) is 0 Å². The maximum absolute atomic E-state index is 12.1. The summed E-state index contributed by atoms with van der Waals surface area (Å²) in [7, 11) is 0. The zero-order valence-corrected chi connectivity index (χ0v) is 14.4. The Balaban J connectivity index is 1.54. The van der Waals surface area contributed by atoms with Gasteiger partial charge in [-0.1, -0.05) is 0 Å². The van der Waals surface area contributed by atoms with E-state index in [0.717, 1.165) is 5.56 Å². The lowest BCUT2D eigenvalue weighted by Gasteiger charge is -2.03. The Kier molecular flexibility index (Phi) is 5.49. The molecule has 0 saturated heterocycles. The fraction of sp³-hybridized carbons (Fsp3) is 0.118. The van der Waals surface area contributed by atoms with Crippen LogP contribution in [0.5, 0.6) is 0 Å². The molecule has 3 N–H and O–H groups in total. The van der Waals surface area contributed by atoms with Crippen molar-refractivity contribution in [2.75, 3.05) is 5.32 Å². The van der Waals surface area contributed by atoms with Crippen LogP contribution < -0.4 is 16.2 Å². The van der Waals surface area contributed by atoms with Gasteiger partial charge in [0.15, 0.2) is 5.13 Å². The van der Waals surface area contributed by atoms with Crippen molar-refractivity contribution in [3.8, 4) is 0 Å². The molecule has 0 aliphatic heterocycles. The second kappa shape index (κ2) is 8.17. The Bertz CT molecular complexity index is 968. The molecular formula is C17H15N5O3S. The summed E-state index contributed by atoms with van der Waals surface area (Å²) < 4.78 is 0. The summed E-state index contributed by atoms with van der Waals surface area (Å²) in [6.07, 6.45) is 4.87. The van der Waals surface area contributed by atoms with Gasteiger partial charge in [0, 0.05) is 30.5 Å². The molecule has 2 amide bonds. The number of carbonyl (C=O) groups excluding carboxylic acids is 2. The molecule has 132 valence electrons. The van der Waals surface area contributed by atoms with Crippen LogP contribution in [0.1, 0.15) is 21.6 Å². The van der Waals surface area contributed by atoms with E-state index in [-0.39, 0.29) is 17.9 Å². The molecule has 0 bridgehead atoms. The largest absolute Gasteiger partial charge is 0.352 e. The van der Waals surface area contributed by atoms with Gasteiger partial charge in [-0.15, -0.1) is 11.3 Å². The lowest BCUT2D eigenvalue weighted by atomic mass is 10.2. The summed E-state index contributed by atoms with van der Waals surface area (Å²) in [6, 6.07) is 6.63. The third-order valence-corrected chi connectivity index (χ3v) is 4.22. The zero-order chi connectivity index (χ0) is 18.4. The first kappa shape index (κ1) is 17.5. The quantitative estimate of drug-likeness (QED) is 0.606. The molecule has 9 heteroatoms. The van der Waals surface area contributed by atoms with Gasteiger partial charge >= 0.3 is 0 Å². The van der Waals surface area contributed by atoms with Crippen molar-refractivity contribution >= 4 is 28.3 Å². The summed E-state index contributed by atoms with van der Waals surface area (Å²) in [5, 5.41) is 7.38. The van der Waals surface area contributed by atoms with Crippen molar-refractivity contribution in [1.82, 2.24) is 20.3 Å². The van der Waals surface area contributed by atoms with Crippen LogP contribution in [-0.2, 0) is 17.8 Å². The number of anilines is 1. The van der Waals surface area contributed by atoms with Gasteiger partial charge in [-0.3, -0.25) is 24.7 Å². The number of thiazole rings is 1. The molecular weight excluding hydrogens is 354 g/mol. The smallest absolute Gasteiger partial charge is 0.263 e. The molecule has 0 unspecified atom stereocenters. The van der Waals surface area contributed by atoms with Crippen LogP contribution in [0, 0.1) is 0 Å². The minimum absolute atomic E-state index is 0.000607. The van der Waals surface area contributed by atoms with Gasteiger partial charge < -0.3 is 10.3 Å². The van der Waals surface area contributed by atoms with Crippen LogP contribution in [0.15, 0.2) is 53.0 Å². The number of aromatic amines is 1. The van der Waals surface area contributed by atoms with Crippen LogP contribution in [0.25, 0.3) is 0 Å². The van der Waals surface area contributed by atoms with Gasteiger partial charge in [-0.05, 0) is 29.8 Å². The first-order valence-electron chi connectivity index (χ1n) is 7.71. The van der Waals surface area contributed by atoms with Crippen molar-refractivity contribution in [3.05, 3.63) is 75.4 Å². The summed E-state index contributed by atoms with van der Waals surface area (Å²) in [4.78, 5) is 46.2. The van der Waals surface area contributed by atoms with Crippen LogP contribution >= 0.6 is 11.3 Å². The first-order chi connectivity index (χ1) is 12.6. The Morgan fingerprint density at radius 2 is 2.00 bits per heavy atom. The number of amides is 2. The summed E-state index contributed by atoms with van der Waals surface area (Å²) in [6.45, 7) is 0.409. The minimum Gasteiger partial charge on any atom is -0.352 e. The lowest BCUT2D eigenvalue weighted by molar-refractivity contribution is -0.120. The number of hydrogen-bond acceptors (Lipinski definition) is 6. The van der Waals surface area contributed by atoms with E-state index in [2.05, 4.69) is 25.6 Å². The number of carbonyl (C=O) groups is 2. The van der Waals surface area contributed by atoms with Crippen molar-refractivity contribution in [2.24, 2.45) is 0 Å². The Morgan fingerprint density at radius 3 is 2.77 bits per heavy atom. The molecule has 3 aromatic rings. The highest BCUT2D eigenvalue weighted by Crippen LogP contribution is 2.16. The van der Waals surface area contributed by atoms with E-state index in [1.54, 1.807) is 23.8 Å². The molecule has 0 radical (unpaired) electrons. The molecule has 8 nitrogen and oxygen atoms in total. The highest BCUT2D eigenvalue weighted by atomic mass is 32.1. The van der Waals surface area contributed by atoms with Gasteiger partial charge in [0.05, 0.1) is 12.1 Å². The molecule has 0 aliphatic rings. The van der Waals surface area contributed by atoms with E-state index in [1.165, 1.54) is 23.6 Å².